The number of anilines is 3. The van der Waals surface area contributed by atoms with Crippen molar-refractivity contribution in [2.75, 3.05) is 41.3 Å². The summed E-state index contributed by atoms with van der Waals surface area (Å²) < 4.78 is 11.3. The maximum Gasteiger partial charge on any atom is 0.415 e. The van der Waals surface area contributed by atoms with Gasteiger partial charge in [0.15, 0.2) is 5.82 Å². The molecule has 0 radical (unpaired) electrons. The van der Waals surface area contributed by atoms with Crippen molar-refractivity contribution in [1.82, 2.24) is 14.9 Å². The highest BCUT2D eigenvalue weighted by Crippen LogP contribution is 2.29. The zero-order valence-electron chi connectivity index (χ0n) is 27.0. The van der Waals surface area contributed by atoms with Gasteiger partial charge in [0.25, 0.3) is 0 Å². The highest BCUT2D eigenvalue weighted by molar-refractivity contribution is 5.95. The molecule has 3 rings (SSSR count). The predicted molar refractivity (Wildman–Crippen MR) is 169 cm³/mol. The summed E-state index contributed by atoms with van der Waals surface area (Å²) in [7, 11) is 0. The second-order valence-corrected chi connectivity index (χ2v) is 12.0. The summed E-state index contributed by atoms with van der Waals surface area (Å²) in [5.74, 6) is 0.800. The largest absolute Gasteiger partial charge is 0.458 e. The van der Waals surface area contributed by atoms with E-state index >= 15 is 0 Å². The van der Waals surface area contributed by atoms with Gasteiger partial charge in [0.1, 0.15) is 23.1 Å². The van der Waals surface area contributed by atoms with Crippen molar-refractivity contribution in [2.24, 2.45) is 0 Å². The molecule has 1 aliphatic heterocycles. The molecule has 2 heterocycles. The number of carbonyl (C=O) groups excluding carboxylic acids is 3. The molecule has 1 fully saturated rings. The van der Waals surface area contributed by atoms with Crippen LogP contribution in [0.15, 0.2) is 30.5 Å². The van der Waals surface area contributed by atoms with Gasteiger partial charge in [-0.15, -0.1) is 0 Å². The Bertz CT molecular complexity index is 1230. The van der Waals surface area contributed by atoms with E-state index in [9.17, 15) is 14.4 Å². The summed E-state index contributed by atoms with van der Waals surface area (Å²) in [5.41, 5.74) is 0.772. The Hall–Kier alpha value is -3.89. The second-order valence-electron chi connectivity index (χ2n) is 12.0. The molecule has 1 aliphatic rings. The van der Waals surface area contributed by atoms with Crippen LogP contribution in [0.4, 0.5) is 22.2 Å². The normalized spacial score (nSPS) is 13.9. The molecule has 1 aromatic carbocycles. The Labute approximate surface area is 255 Å². The van der Waals surface area contributed by atoms with Gasteiger partial charge < -0.3 is 29.5 Å². The summed E-state index contributed by atoms with van der Waals surface area (Å²) >= 11 is 0. The molecule has 0 unspecified atom stereocenters. The first kappa shape index (κ1) is 33.6. The van der Waals surface area contributed by atoms with Gasteiger partial charge in [0.05, 0.1) is 6.20 Å². The van der Waals surface area contributed by atoms with Crippen molar-refractivity contribution in [1.29, 1.82) is 0 Å². The number of hydrogen-bond donors (Lipinski definition) is 1. The molecule has 43 heavy (non-hydrogen) atoms. The number of hydrogen-bond acceptors (Lipinski definition) is 9. The molecular formula is C32H48N6O5. The smallest absolute Gasteiger partial charge is 0.415 e. The minimum absolute atomic E-state index is 0.154. The van der Waals surface area contributed by atoms with Crippen LogP contribution in [0.1, 0.15) is 80.2 Å². The van der Waals surface area contributed by atoms with Crippen LogP contribution >= 0.6 is 0 Å². The van der Waals surface area contributed by atoms with E-state index in [-0.39, 0.29) is 18.0 Å². The number of carbonyl (C=O) groups is 3. The van der Waals surface area contributed by atoms with Gasteiger partial charge in [-0.05, 0) is 91.8 Å². The van der Waals surface area contributed by atoms with E-state index in [1.54, 1.807) is 28.1 Å². The van der Waals surface area contributed by atoms with E-state index in [0.717, 1.165) is 31.5 Å². The summed E-state index contributed by atoms with van der Waals surface area (Å²) in [6.45, 7) is 17.7. The van der Waals surface area contributed by atoms with Crippen LogP contribution in [-0.2, 0) is 20.7 Å². The Balaban J connectivity index is 1.87. The van der Waals surface area contributed by atoms with Crippen LogP contribution in [0, 0.1) is 0 Å². The van der Waals surface area contributed by atoms with E-state index in [1.165, 1.54) is 6.92 Å². The molecule has 0 saturated carbocycles. The minimum atomic E-state index is -0.758. The molecule has 1 aromatic heterocycles. The number of rotatable bonds is 12. The van der Waals surface area contributed by atoms with Crippen LogP contribution < -0.4 is 19.9 Å². The molecule has 1 N–H and O–H groups in total. The maximum atomic E-state index is 13.5. The van der Waals surface area contributed by atoms with E-state index in [2.05, 4.69) is 10.3 Å². The zero-order valence-corrected chi connectivity index (χ0v) is 27.0. The molecule has 1 atom stereocenters. The molecule has 1 saturated heterocycles. The first-order valence-electron chi connectivity index (χ1n) is 15.3. The molecule has 11 nitrogen and oxygen atoms in total. The fourth-order valence-electron chi connectivity index (χ4n) is 5.01. The summed E-state index contributed by atoms with van der Waals surface area (Å²) in [6, 6.07) is 6.41. The first-order valence-corrected chi connectivity index (χ1v) is 15.3. The third kappa shape index (κ3) is 9.56. The second kappa shape index (κ2) is 15.0. The number of esters is 1. The molecule has 0 spiro atoms. The van der Waals surface area contributed by atoms with Crippen molar-refractivity contribution in [3.8, 4) is 5.75 Å². The van der Waals surface area contributed by atoms with E-state index in [1.807, 2.05) is 65.5 Å². The van der Waals surface area contributed by atoms with Gasteiger partial charge in [0, 0.05) is 39.1 Å². The standard InChI is InChI=1S/C32H48N6O5/c1-9-36(10-2)30-33-21-27(38(22(3)4)23(5)39)28(35-30)34-26(29(40)43-32(6,7)8)18-15-24-13-16-25(17-14-24)42-31(41)37-19-11-12-20-37/h13-14,16-17,21-22,26H,9-12,15,18-20H2,1-8H3,(H,33,34,35)/t26-/m0/s1. The molecule has 11 heteroatoms. The molecular weight excluding hydrogens is 548 g/mol. The number of likely N-dealkylation sites (tertiary alicyclic amines) is 1. The molecule has 0 bridgehead atoms. The van der Waals surface area contributed by atoms with Crippen molar-refractivity contribution >= 4 is 35.4 Å². The quantitative estimate of drug-likeness (QED) is 0.320. The van der Waals surface area contributed by atoms with E-state index in [0.29, 0.717) is 49.1 Å². The Morgan fingerprint density at radius 1 is 1.05 bits per heavy atom. The van der Waals surface area contributed by atoms with Crippen LogP contribution in [-0.4, -0.2) is 76.7 Å². The third-order valence-electron chi connectivity index (χ3n) is 7.13. The lowest BCUT2D eigenvalue weighted by molar-refractivity contribution is -0.155. The number of amides is 2. The van der Waals surface area contributed by atoms with Crippen molar-refractivity contribution in [3.63, 3.8) is 0 Å². The SMILES string of the molecule is CCN(CC)c1ncc(N(C(C)=O)C(C)C)c(N[C@@H](CCc2ccc(OC(=O)N3CCCC3)cc2)C(=O)OC(C)(C)C)n1. The maximum absolute atomic E-state index is 13.5. The molecule has 0 aliphatic carbocycles. The number of nitrogens with zero attached hydrogens (tertiary/aromatic N) is 5. The zero-order chi connectivity index (χ0) is 31.7. The van der Waals surface area contributed by atoms with Crippen LogP contribution in [0.5, 0.6) is 5.75 Å². The summed E-state index contributed by atoms with van der Waals surface area (Å²) in [4.78, 5) is 53.2. The van der Waals surface area contributed by atoms with Crippen LogP contribution in [0.25, 0.3) is 0 Å². The van der Waals surface area contributed by atoms with Crippen molar-refractivity contribution in [3.05, 3.63) is 36.0 Å². The fourth-order valence-corrected chi connectivity index (χ4v) is 5.01. The molecule has 2 amide bonds. The van der Waals surface area contributed by atoms with Crippen LogP contribution in [0.2, 0.25) is 0 Å². The lowest BCUT2D eigenvalue weighted by Gasteiger charge is -2.30. The Morgan fingerprint density at radius 2 is 1.67 bits per heavy atom. The first-order chi connectivity index (χ1) is 20.3. The summed E-state index contributed by atoms with van der Waals surface area (Å²) in [5, 5.41) is 3.32. The summed E-state index contributed by atoms with van der Waals surface area (Å²) in [6.07, 6.45) is 4.25. The Morgan fingerprint density at radius 3 is 2.21 bits per heavy atom. The number of aromatic nitrogens is 2. The third-order valence-corrected chi connectivity index (χ3v) is 7.13. The lowest BCUT2D eigenvalue weighted by atomic mass is 10.0. The average molecular weight is 597 g/mol. The fraction of sp³-hybridized carbons (Fsp3) is 0.594. The highest BCUT2D eigenvalue weighted by atomic mass is 16.6. The van der Waals surface area contributed by atoms with Crippen molar-refractivity contribution < 1.29 is 23.9 Å². The number of benzene rings is 1. The minimum Gasteiger partial charge on any atom is -0.458 e. The van der Waals surface area contributed by atoms with Gasteiger partial charge in [0.2, 0.25) is 11.9 Å². The van der Waals surface area contributed by atoms with Crippen LogP contribution in [0.3, 0.4) is 0 Å². The number of nitrogens with one attached hydrogen (secondary N) is 1. The van der Waals surface area contributed by atoms with E-state index in [4.69, 9.17) is 14.5 Å². The van der Waals surface area contributed by atoms with Gasteiger partial charge >= 0.3 is 12.1 Å². The number of aryl methyl sites for hydroxylation is 1. The number of ether oxygens (including phenoxy) is 2. The predicted octanol–water partition coefficient (Wildman–Crippen LogP) is 5.43. The average Bonchev–Trinajstić information content (AvgIpc) is 3.48. The molecule has 236 valence electrons. The van der Waals surface area contributed by atoms with Gasteiger partial charge in [-0.25, -0.2) is 14.6 Å². The van der Waals surface area contributed by atoms with Gasteiger partial charge in [-0.1, -0.05) is 12.1 Å². The Kier molecular flexibility index (Phi) is 11.7. The highest BCUT2D eigenvalue weighted by Gasteiger charge is 2.29. The van der Waals surface area contributed by atoms with Gasteiger partial charge in [-0.3, -0.25) is 4.79 Å². The lowest BCUT2D eigenvalue weighted by Crippen LogP contribution is -2.40. The van der Waals surface area contributed by atoms with Crippen molar-refractivity contribution in [2.45, 2.75) is 98.8 Å². The molecule has 2 aromatic rings. The van der Waals surface area contributed by atoms with E-state index < -0.39 is 17.6 Å². The monoisotopic (exact) mass is 596 g/mol. The van der Waals surface area contributed by atoms with Gasteiger partial charge in [-0.2, -0.15) is 4.98 Å². The topological polar surface area (TPSA) is 117 Å².